The molecule has 2 fully saturated rings. The van der Waals surface area contributed by atoms with E-state index in [0.29, 0.717) is 12.0 Å². The molecule has 7 nitrogen and oxygen atoms in total. The first-order chi connectivity index (χ1) is 16.1. The number of methoxy groups -OCH3 is 1. The summed E-state index contributed by atoms with van der Waals surface area (Å²) in [5.41, 5.74) is 1.78. The van der Waals surface area contributed by atoms with E-state index in [-0.39, 0.29) is 0 Å². The van der Waals surface area contributed by atoms with Crippen molar-refractivity contribution in [2.75, 3.05) is 70.7 Å². The Balaban J connectivity index is 1.60. The molecule has 0 amide bonds. The number of nitrogens with zero attached hydrogens (tertiary/aromatic N) is 5. The van der Waals surface area contributed by atoms with Gasteiger partial charge in [-0.05, 0) is 57.5 Å². The molecule has 2 aliphatic rings. The Morgan fingerprint density at radius 3 is 2.52 bits per heavy atom. The standard InChI is InChI=1S/C26H38N6O/c1-5-31-16-11-21(12-17-31)27-25-22-19-24(33-4)20(10-6-7-13-32-14-8-9-15-32)18-23(22)28-26(29-25)30(2)3/h18-19,21H,5,7-9,11-17H2,1-4H3,(H,27,28,29). The molecule has 0 unspecified atom stereocenters. The average molecular weight is 451 g/mol. The topological polar surface area (TPSA) is 56.8 Å². The highest BCUT2D eigenvalue weighted by molar-refractivity contribution is 5.92. The number of benzene rings is 1. The van der Waals surface area contributed by atoms with Gasteiger partial charge < -0.3 is 24.8 Å². The molecule has 7 heteroatoms. The van der Waals surface area contributed by atoms with Gasteiger partial charge >= 0.3 is 0 Å². The van der Waals surface area contributed by atoms with Gasteiger partial charge in [0.15, 0.2) is 0 Å². The van der Waals surface area contributed by atoms with Gasteiger partial charge in [0.2, 0.25) is 5.95 Å². The third kappa shape index (κ3) is 5.87. The number of nitrogens with one attached hydrogen (secondary N) is 1. The second kappa shape index (κ2) is 11.0. The van der Waals surface area contributed by atoms with E-state index in [1.54, 1.807) is 7.11 Å². The van der Waals surface area contributed by atoms with Crippen LogP contribution in [0.1, 0.15) is 44.6 Å². The summed E-state index contributed by atoms with van der Waals surface area (Å²) in [6.45, 7) is 9.05. The van der Waals surface area contributed by atoms with Crippen molar-refractivity contribution in [3.63, 3.8) is 0 Å². The second-order valence-corrected chi connectivity index (χ2v) is 9.29. The molecule has 33 heavy (non-hydrogen) atoms. The fraction of sp³-hybridized carbons (Fsp3) is 0.615. The van der Waals surface area contributed by atoms with Gasteiger partial charge in [-0.2, -0.15) is 4.98 Å². The highest BCUT2D eigenvalue weighted by Gasteiger charge is 2.21. The number of ether oxygens (including phenoxy) is 1. The Labute approximate surface area is 198 Å². The Morgan fingerprint density at radius 1 is 1.09 bits per heavy atom. The number of aromatic nitrogens is 2. The summed E-state index contributed by atoms with van der Waals surface area (Å²) < 4.78 is 5.72. The largest absolute Gasteiger partial charge is 0.495 e. The van der Waals surface area contributed by atoms with Crippen molar-refractivity contribution in [1.29, 1.82) is 0 Å². The minimum Gasteiger partial charge on any atom is -0.495 e. The van der Waals surface area contributed by atoms with Gasteiger partial charge in [0, 0.05) is 51.6 Å². The molecular formula is C26H38N6O. The lowest BCUT2D eigenvalue weighted by Crippen LogP contribution is -2.39. The number of fused-ring (bicyclic) bond motifs is 1. The first kappa shape index (κ1) is 23.6. The van der Waals surface area contributed by atoms with Crippen LogP contribution in [0.3, 0.4) is 0 Å². The third-order valence-corrected chi connectivity index (χ3v) is 6.76. The van der Waals surface area contributed by atoms with Crippen molar-refractivity contribution in [3.05, 3.63) is 17.7 Å². The van der Waals surface area contributed by atoms with E-state index in [4.69, 9.17) is 14.7 Å². The van der Waals surface area contributed by atoms with E-state index in [1.807, 2.05) is 25.1 Å². The molecule has 178 valence electrons. The van der Waals surface area contributed by atoms with Crippen molar-refractivity contribution >= 4 is 22.7 Å². The fourth-order valence-electron chi connectivity index (χ4n) is 4.68. The van der Waals surface area contributed by atoms with E-state index >= 15 is 0 Å². The van der Waals surface area contributed by atoms with Crippen molar-refractivity contribution in [2.45, 2.75) is 45.1 Å². The molecule has 0 saturated carbocycles. The van der Waals surface area contributed by atoms with Crippen LogP contribution >= 0.6 is 0 Å². The Morgan fingerprint density at radius 2 is 1.85 bits per heavy atom. The maximum Gasteiger partial charge on any atom is 0.227 e. The van der Waals surface area contributed by atoms with Crippen LogP contribution in [-0.4, -0.2) is 86.3 Å². The fourth-order valence-corrected chi connectivity index (χ4v) is 4.68. The molecule has 4 rings (SSSR count). The maximum absolute atomic E-state index is 5.72. The number of piperidine rings is 1. The zero-order chi connectivity index (χ0) is 23.2. The number of likely N-dealkylation sites (tertiary alicyclic amines) is 2. The van der Waals surface area contributed by atoms with Gasteiger partial charge in [0.25, 0.3) is 0 Å². The molecule has 0 bridgehead atoms. The first-order valence-electron chi connectivity index (χ1n) is 12.3. The SMILES string of the molecule is CCN1CCC(Nc2nc(N(C)C)nc3cc(C#CCCN4CCCC4)c(OC)cc23)CC1. The van der Waals surface area contributed by atoms with Gasteiger partial charge in [-0.3, -0.25) is 0 Å². The average Bonchev–Trinajstić information content (AvgIpc) is 3.35. The Bertz CT molecular complexity index is 997. The second-order valence-electron chi connectivity index (χ2n) is 9.29. The zero-order valence-corrected chi connectivity index (χ0v) is 20.7. The van der Waals surface area contributed by atoms with Gasteiger partial charge in [0.05, 0.1) is 18.2 Å². The van der Waals surface area contributed by atoms with E-state index in [1.165, 1.54) is 25.9 Å². The van der Waals surface area contributed by atoms with E-state index in [0.717, 1.165) is 73.5 Å². The summed E-state index contributed by atoms with van der Waals surface area (Å²) in [6.07, 6.45) is 5.74. The van der Waals surface area contributed by atoms with Gasteiger partial charge in [0.1, 0.15) is 11.6 Å². The molecule has 2 saturated heterocycles. The van der Waals surface area contributed by atoms with Crippen LogP contribution in [0, 0.1) is 11.8 Å². The highest BCUT2D eigenvalue weighted by Crippen LogP contribution is 2.31. The molecule has 0 aliphatic carbocycles. The van der Waals surface area contributed by atoms with E-state index < -0.39 is 0 Å². The van der Waals surface area contributed by atoms with E-state index in [9.17, 15) is 0 Å². The lowest BCUT2D eigenvalue weighted by Gasteiger charge is -2.32. The molecule has 0 radical (unpaired) electrons. The zero-order valence-electron chi connectivity index (χ0n) is 20.7. The van der Waals surface area contributed by atoms with Crippen LogP contribution in [0.4, 0.5) is 11.8 Å². The summed E-state index contributed by atoms with van der Waals surface area (Å²) in [4.78, 5) is 16.6. The molecule has 0 atom stereocenters. The van der Waals surface area contributed by atoms with Crippen LogP contribution in [0.2, 0.25) is 0 Å². The van der Waals surface area contributed by atoms with Crippen LogP contribution in [-0.2, 0) is 0 Å². The highest BCUT2D eigenvalue weighted by atomic mass is 16.5. The summed E-state index contributed by atoms with van der Waals surface area (Å²) in [5, 5.41) is 4.70. The van der Waals surface area contributed by atoms with Crippen LogP contribution in [0.5, 0.6) is 5.75 Å². The van der Waals surface area contributed by atoms with Crippen LogP contribution in [0.25, 0.3) is 10.9 Å². The van der Waals surface area contributed by atoms with Gasteiger partial charge in [-0.15, -0.1) is 0 Å². The molecule has 2 aromatic rings. The maximum atomic E-state index is 5.72. The van der Waals surface area contributed by atoms with Crippen molar-refractivity contribution in [2.24, 2.45) is 0 Å². The van der Waals surface area contributed by atoms with E-state index in [2.05, 4.69) is 39.9 Å². The van der Waals surface area contributed by atoms with Crippen LogP contribution in [0.15, 0.2) is 12.1 Å². The number of hydrogen-bond acceptors (Lipinski definition) is 7. The van der Waals surface area contributed by atoms with Crippen molar-refractivity contribution < 1.29 is 4.74 Å². The molecule has 2 aliphatic heterocycles. The number of hydrogen-bond donors (Lipinski definition) is 1. The molecule has 1 aromatic heterocycles. The smallest absolute Gasteiger partial charge is 0.227 e. The van der Waals surface area contributed by atoms with Crippen molar-refractivity contribution in [3.8, 4) is 17.6 Å². The van der Waals surface area contributed by atoms with Gasteiger partial charge in [-0.1, -0.05) is 18.8 Å². The first-order valence-corrected chi connectivity index (χ1v) is 12.3. The predicted octanol–water partition coefficient (Wildman–Crippen LogP) is 3.44. The monoisotopic (exact) mass is 450 g/mol. The van der Waals surface area contributed by atoms with Crippen molar-refractivity contribution in [1.82, 2.24) is 19.8 Å². The minimum absolute atomic E-state index is 0.414. The van der Waals surface area contributed by atoms with Gasteiger partial charge in [-0.25, -0.2) is 4.98 Å². The quantitative estimate of drug-likeness (QED) is 0.649. The normalized spacial score (nSPS) is 17.7. The third-order valence-electron chi connectivity index (χ3n) is 6.76. The summed E-state index contributed by atoms with van der Waals surface area (Å²) in [7, 11) is 5.67. The Hall–Kier alpha value is -2.56. The molecule has 3 heterocycles. The lowest BCUT2D eigenvalue weighted by molar-refractivity contribution is 0.229. The molecule has 1 N–H and O–H groups in total. The van der Waals surface area contributed by atoms with Crippen LogP contribution < -0.4 is 15.0 Å². The molecular weight excluding hydrogens is 412 g/mol. The lowest BCUT2D eigenvalue weighted by atomic mass is 10.0. The Kier molecular flexibility index (Phi) is 7.89. The summed E-state index contributed by atoms with van der Waals surface area (Å²) >= 11 is 0. The minimum atomic E-state index is 0.414. The number of anilines is 2. The predicted molar refractivity (Wildman–Crippen MR) is 136 cm³/mol. The molecule has 1 aromatic carbocycles. The molecule has 0 spiro atoms. The number of rotatable bonds is 7. The summed E-state index contributed by atoms with van der Waals surface area (Å²) in [6, 6.07) is 4.51. The summed E-state index contributed by atoms with van der Waals surface area (Å²) in [5.74, 6) is 9.05.